The standard InChI is InChI=1S/C9H11N2O2/c10-6-11-9(13)8-4-2-1-3-7(8)5-12/h1-4H,5-6,10H2,(H,11,13). The quantitative estimate of drug-likeness (QED) is 0.653. The van der Waals surface area contributed by atoms with Crippen LogP contribution in [0.5, 0.6) is 0 Å². The van der Waals surface area contributed by atoms with Crippen molar-refractivity contribution in [1.82, 2.24) is 5.32 Å². The van der Waals surface area contributed by atoms with E-state index in [4.69, 9.17) is 5.73 Å². The van der Waals surface area contributed by atoms with Gasteiger partial charge in [-0.25, -0.2) is 5.11 Å². The summed E-state index contributed by atoms with van der Waals surface area (Å²) in [4.78, 5) is 11.3. The molecule has 1 radical (unpaired) electrons. The van der Waals surface area contributed by atoms with Crippen LogP contribution in [-0.4, -0.2) is 12.6 Å². The van der Waals surface area contributed by atoms with Gasteiger partial charge in [-0.05, 0) is 11.6 Å². The molecule has 0 fully saturated rings. The van der Waals surface area contributed by atoms with Crippen molar-refractivity contribution in [3.63, 3.8) is 0 Å². The maximum absolute atomic E-state index is 11.3. The lowest BCUT2D eigenvalue weighted by atomic mass is 10.1. The fraction of sp³-hybridized carbons (Fsp3) is 0.222. The number of hydrogen-bond donors (Lipinski definition) is 2. The topological polar surface area (TPSA) is 75.0 Å². The molecule has 0 heterocycles. The van der Waals surface area contributed by atoms with Crippen LogP contribution in [-0.2, 0) is 11.7 Å². The SMILES string of the molecule is NCNC(=O)c1ccccc1C[O]. The van der Waals surface area contributed by atoms with Gasteiger partial charge in [-0.2, -0.15) is 0 Å². The molecule has 0 aliphatic carbocycles. The summed E-state index contributed by atoms with van der Waals surface area (Å²) < 4.78 is 0. The third-order valence-corrected chi connectivity index (χ3v) is 1.68. The summed E-state index contributed by atoms with van der Waals surface area (Å²) in [5.74, 6) is -0.297. The third kappa shape index (κ3) is 2.27. The molecule has 0 spiro atoms. The van der Waals surface area contributed by atoms with Crippen LogP contribution in [0.15, 0.2) is 24.3 Å². The molecule has 0 atom stereocenters. The Balaban J connectivity index is 2.92. The molecule has 4 heteroatoms. The first kappa shape index (κ1) is 9.70. The Kier molecular flexibility index (Phi) is 3.42. The molecule has 1 amide bonds. The molecule has 0 saturated heterocycles. The highest BCUT2D eigenvalue weighted by molar-refractivity contribution is 5.95. The first-order chi connectivity index (χ1) is 6.29. The molecule has 1 aromatic carbocycles. The van der Waals surface area contributed by atoms with E-state index in [0.717, 1.165) is 0 Å². The summed E-state index contributed by atoms with van der Waals surface area (Å²) in [5.41, 5.74) is 6.05. The van der Waals surface area contributed by atoms with E-state index in [1.807, 2.05) is 0 Å². The maximum Gasteiger partial charge on any atom is 0.252 e. The van der Waals surface area contributed by atoms with Crippen LogP contribution < -0.4 is 11.1 Å². The molecule has 0 unspecified atom stereocenters. The minimum atomic E-state index is -0.395. The number of carbonyl (C=O) groups excluding carboxylic acids is 1. The zero-order chi connectivity index (χ0) is 9.68. The van der Waals surface area contributed by atoms with Gasteiger partial charge in [0.15, 0.2) is 0 Å². The first-order valence-electron chi connectivity index (χ1n) is 3.94. The second-order valence-corrected chi connectivity index (χ2v) is 2.51. The maximum atomic E-state index is 11.3. The van der Waals surface area contributed by atoms with Crippen molar-refractivity contribution >= 4 is 5.91 Å². The Bertz CT molecular complexity index is 299. The summed E-state index contributed by atoms with van der Waals surface area (Å²) in [5, 5.41) is 13.1. The van der Waals surface area contributed by atoms with E-state index in [0.29, 0.717) is 11.1 Å². The number of amides is 1. The van der Waals surface area contributed by atoms with Crippen LogP contribution in [0.25, 0.3) is 0 Å². The van der Waals surface area contributed by atoms with Gasteiger partial charge >= 0.3 is 0 Å². The number of rotatable bonds is 3. The minimum Gasteiger partial charge on any atom is -0.340 e. The second kappa shape index (κ2) is 4.59. The molecule has 13 heavy (non-hydrogen) atoms. The van der Waals surface area contributed by atoms with Crippen LogP contribution >= 0.6 is 0 Å². The number of nitrogens with one attached hydrogen (secondary N) is 1. The average Bonchev–Trinajstić information content (AvgIpc) is 2.18. The van der Waals surface area contributed by atoms with Gasteiger partial charge < -0.3 is 11.1 Å². The molecule has 69 valence electrons. The van der Waals surface area contributed by atoms with Crippen molar-refractivity contribution in [3.8, 4) is 0 Å². The van der Waals surface area contributed by atoms with E-state index in [1.54, 1.807) is 24.3 Å². The van der Waals surface area contributed by atoms with E-state index in [2.05, 4.69) is 5.32 Å². The van der Waals surface area contributed by atoms with Crippen molar-refractivity contribution in [2.75, 3.05) is 6.67 Å². The number of hydrogen-bond acceptors (Lipinski definition) is 2. The van der Waals surface area contributed by atoms with Crippen LogP contribution in [0.2, 0.25) is 0 Å². The summed E-state index contributed by atoms with van der Waals surface area (Å²) in [6.07, 6.45) is 0. The number of nitrogens with two attached hydrogens (primary N) is 1. The lowest BCUT2D eigenvalue weighted by Gasteiger charge is -2.05. The van der Waals surface area contributed by atoms with E-state index >= 15 is 0 Å². The third-order valence-electron chi connectivity index (χ3n) is 1.68. The minimum absolute atomic E-state index is 0.0754. The molecular formula is C9H11N2O2. The van der Waals surface area contributed by atoms with E-state index in [1.165, 1.54) is 0 Å². The zero-order valence-electron chi connectivity index (χ0n) is 7.12. The van der Waals surface area contributed by atoms with Gasteiger partial charge in [-0.15, -0.1) is 0 Å². The van der Waals surface area contributed by atoms with Gasteiger partial charge in [0.1, 0.15) is 6.61 Å². The van der Waals surface area contributed by atoms with Gasteiger partial charge in [0.25, 0.3) is 5.91 Å². The average molecular weight is 179 g/mol. The Morgan fingerprint density at radius 3 is 2.69 bits per heavy atom. The van der Waals surface area contributed by atoms with Crippen LogP contribution in [0.1, 0.15) is 15.9 Å². The molecule has 0 aromatic heterocycles. The zero-order valence-corrected chi connectivity index (χ0v) is 7.12. The van der Waals surface area contributed by atoms with Gasteiger partial charge in [0.2, 0.25) is 0 Å². The fourth-order valence-corrected chi connectivity index (χ4v) is 1.06. The van der Waals surface area contributed by atoms with Crippen molar-refractivity contribution in [1.29, 1.82) is 0 Å². The van der Waals surface area contributed by atoms with Gasteiger partial charge in [-0.3, -0.25) is 4.79 Å². The highest BCUT2D eigenvalue weighted by Crippen LogP contribution is 2.07. The summed E-state index contributed by atoms with van der Waals surface area (Å²) in [6.45, 7) is -0.319. The molecule has 0 aliphatic rings. The Hall–Kier alpha value is -1.39. The van der Waals surface area contributed by atoms with Crippen molar-refractivity contribution in [2.45, 2.75) is 6.61 Å². The highest BCUT2D eigenvalue weighted by Gasteiger charge is 2.08. The van der Waals surface area contributed by atoms with Crippen molar-refractivity contribution in [3.05, 3.63) is 35.4 Å². The van der Waals surface area contributed by atoms with E-state index in [-0.39, 0.29) is 12.6 Å². The highest BCUT2D eigenvalue weighted by atomic mass is 16.3. The monoisotopic (exact) mass is 179 g/mol. The molecule has 0 saturated carbocycles. The van der Waals surface area contributed by atoms with Crippen molar-refractivity contribution < 1.29 is 9.90 Å². The molecule has 0 bridgehead atoms. The molecule has 4 nitrogen and oxygen atoms in total. The lowest BCUT2D eigenvalue weighted by Crippen LogP contribution is -2.30. The summed E-state index contributed by atoms with van der Waals surface area (Å²) in [6, 6.07) is 6.69. The lowest BCUT2D eigenvalue weighted by molar-refractivity contribution is 0.0948. The largest absolute Gasteiger partial charge is 0.340 e. The number of benzene rings is 1. The fourth-order valence-electron chi connectivity index (χ4n) is 1.06. The Morgan fingerprint density at radius 1 is 1.38 bits per heavy atom. The van der Waals surface area contributed by atoms with E-state index < -0.39 is 6.61 Å². The van der Waals surface area contributed by atoms with Crippen LogP contribution in [0.3, 0.4) is 0 Å². The second-order valence-electron chi connectivity index (χ2n) is 2.51. The van der Waals surface area contributed by atoms with Gasteiger partial charge in [0.05, 0.1) is 6.67 Å². The Labute approximate surface area is 76.4 Å². The Morgan fingerprint density at radius 2 is 2.08 bits per heavy atom. The first-order valence-corrected chi connectivity index (χ1v) is 3.94. The smallest absolute Gasteiger partial charge is 0.252 e. The van der Waals surface area contributed by atoms with Crippen LogP contribution in [0, 0.1) is 0 Å². The van der Waals surface area contributed by atoms with Crippen LogP contribution in [0.4, 0.5) is 0 Å². The predicted molar refractivity (Wildman–Crippen MR) is 47.4 cm³/mol. The van der Waals surface area contributed by atoms with Gasteiger partial charge in [0, 0.05) is 5.56 Å². The molecule has 3 N–H and O–H groups in total. The summed E-state index contributed by atoms with van der Waals surface area (Å²) >= 11 is 0. The normalized spacial score (nSPS) is 9.69. The number of carbonyl (C=O) groups is 1. The predicted octanol–water partition coefficient (Wildman–Crippen LogP) is 0.263. The van der Waals surface area contributed by atoms with Gasteiger partial charge in [-0.1, -0.05) is 18.2 Å². The molecule has 1 aromatic rings. The molecule has 0 aliphatic heterocycles. The molecular weight excluding hydrogens is 168 g/mol. The van der Waals surface area contributed by atoms with Crippen molar-refractivity contribution in [2.24, 2.45) is 5.73 Å². The summed E-state index contributed by atoms with van der Waals surface area (Å²) in [7, 11) is 0. The molecule has 1 rings (SSSR count). The van der Waals surface area contributed by atoms with E-state index in [9.17, 15) is 9.90 Å².